The van der Waals surface area contributed by atoms with Crippen LogP contribution in [0, 0.1) is 29.5 Å². The second kappa shape index (κ2) is 10.6. The van der Waals surface area contributed by atoms with Gasteiger partial charge in [0.1, 0.15) is 0 Å². The molecule has 1 aromatic rings. The van der Waals surface area contributed by atoms with Crippen LogP contribution >= 0.6 is 15.9 Å². The van der Waals surface area contributed by atoms with Gasteiger partial charge in [-0.2, -0.15) is 0 Å². The molecule has 0 N–H and O–H groups in total. The predicted octanol–water partition coefficient (Wildman–Crippen LogP) is 7.68. The predicted molar refractivity (Wildman–Crippen MR) is 115 cm³/mol. The standard InChI is InChI=1S/C24H34BrFO/c1-2-27-24-14-9-20(17-23(24)26)4-3-18-5-10-21(11-6-18)22-12-7-19(8-13-22)15-16-25/h9,14-19,21-22H,2-8,10-13H2,1H3/b16-15+. The third kappa shape index (κ3) is 6.07. The molecule has 1 aromatic carbocycles. The van der Waals surface area contributed by atoms with Crippen LogP contribution in [0.25, 0.3) is 0 Å². The Labute approximate surface area is 172 Å². The molecule has 1 nitrogen and oxygen atoms in total. The highest BCUT2D eigenvalue weighted by atomic mass is 79.9. The van der Waals surface area contributed by atoms with E-state index in [1.165, 1.54) is 57.8 Å². The van der Waals surface area contributed by atoms with Gasteiger partial charge in [0.15, 0.2) is 11.6 Å². The van der Waals surface area contributed by atoms with Gasteiger partial charge in [0, 0.05) is 0 Å². The number of rotatable bonds is 7. The van der Waals surface area contributed by atoms with E-state index in [0.29, 0.717) is 12.4 Å². The molecule has 3 rings (SSSR count). The smallest absolute Gasteiger partial charge is 0.165 e. The normalized spacial score (nSPS) is 29.1. The summed E-state index contributed by atoms with van der Waals surface area (Å²) in [5.41, 5.74) is 1.11. The number of aryl methyl sites for hydroxylation is 1. The van der Waals surface area contributed by atoms with Crippen LogP contribution in [0.1, 0.15) is 70.3 Å². The molecule has 0 spiro atoms. The molecule has 2 aliphatic rings. The van der Waals surface area contributed by atoms with E-state index in [0.717, 1.165) is 35.7 Å². The monoisotopic (exact) mass is 436 g/mol. The second-order valence-electron chi connectivity index (χ2n) is 8.51. The van der Waals surface area contributed by atoms with Gasteiger partial charge in [0.2, 0.25) is 0 Å². The molecular formula is C24H34BrFO. The molecular weight excluding hydrogens is 403 g/mol. The third-order valence-corrected chi connectivity index (χ3v) is 7.16. The topological polar surface area (TPSA) is 9.23 Å². The van der Waals surface area contributed by atoms with E-state index in [2.05, 4.69) is 22.0 Å². The number of benzene rings is 1. The van der Waals surface area contributed by atoms with E-state index >= 15 is 0 Å². The average molecular weight is 437 g/mol. The van der Waals surface area contributed by atoms with Gasteiger partial charge in [0.25, 0.3) is 0 Å². The Morgan fingerprint density at radius 1 is 1.04 bits per heavy atom. The first-order chi connectivity index (χ1) is 13.2. The van der Waals surface area contributed by atoms with Crippen molar-refractivity contribution in [3.8, 4) is 5.75 Å². The zero-order valence-corrected chi connectivity index (χ0v) is 18.2. The zero-order chi connectivity index (χ0) is 19.1. The zero-order valence-electron chi connectivity index (χ0n) is 16.6. The van der Waals surface area contributed by atoms with Gasteiger partial charge in [-0.05, 0) is 105 Å². The molecule has 2 saturated carbocycles. The van der Waals surface area contributed by atoms with Crippen molar-refractivity contribution in [1.29, 1.82) is 0 Å². The third-order valence-electron chi connectivity index (χ3n) is 6.86. The summed E-state index contributed by atoms with van der Waals surface area (Å²) >= 11 is 3.42. The highest BCUT2D eigenvalue weighted by molar-refractivity contribution is 9.11. The first-order valence-electron chi connectivity index (χ1n) is 10.9. The van der Waals surface area contributed by atoms with Crippen molar-refractivity contribution in [2.45, 2.75) is 71.1 Å². The van der Waals surface area contributed by atoms with Gasteiger partial charge >= 0.3 is 0 Å². The Bertz CT molecular complexity index is 598. The molecule has 150 valence electrons. The van der Waals surface area contributed by atoms with Crippen LogP contribution in [-0.2, 0) is 6.42 Å². The fourth-order valence-electron chi connectivity index (χ4n) is 5.20. The lowest BCUT2D eigenvalue weighted by atomic mass is 9.68. The van der Waals surface area contributed by atoms with Gasteiger partial charge in [0.05, 0.1) is 6.61 Å². The van der Waals surface area contributed by atoms with Crippen molar-refractivity contribution in [3.05, 3.63) is 40.6 Å². The first kappa shape index (κ1) is 20.9. The van der Waals surface area contributed by atoms with Crippen molar-refractivity contribution < 1.29 is 9.13 Å². The average Bonchev–Trinajstić information content (AvgIpc) is 2.70. The summed E-state index contributed by atoms with van der Waals surface area (Å²) in [5.74, 6) is 3.70. The van der Waals surface area contributed by atoms with Crippen LogP contribution in [0.2, 0.25) is 0 Å². The Morgan fingerprint density at radius 3 is 2.30 bits per heavy atom. The first-order valence-corrected chi connectivity index (χ1v) is 11.8. The summed E-state index contributed by atoms with van der Waals surface area (Å²) in [4.78, 5) is 2.04. The SMILES string of the molecule is CCOc1ccc(CCC2CCC(C3CCC(/C=C/Br)CC3)CC2)cc1F. The van der Waals surface area contributed by atoms with Crippen LogP contribution in [-0.4, -0.2) is 6.61 Å². The minimum Gasteiger partial charge on any atom is -0.491 e. The molecule has 0 heterocycles. The van der Waals surface area contributed by atoms with Gasteiger partial charge in [-0.1, -0.05) is 40.9 Å². The summed E-state index contributed by atoms with van der Waals surface area (Å²) < 4.78 is 19.3. The lowest BCUT2D eigenvalue weighted by Gasteiger charge is -2.37. The summed E-state index contributed by atoms with van der Waals surface area (Å²) in [6.45, 7) is 2.39. The van der Waals surface area contributed by atoms with E-state index in [-0.39, 0.29) is 5.82 Å². The Kier molecular flexibility index (Phi) is 8.24. The van der Waals surface area contributed by atoms with Crippen LogP contribution in [0.5, 0.6) is 5.75 Å². The Hall–Kier alpha value is -0.830. The van der Waals surface area contributed by atoms with Crippen molar-refractivity contribution in [2.24, 2.45) is 23.7 Å². The van der Waals surface area contributed by atoms with E-state index in [4.69, 9.17) is 4.74 Å². The molecule has 0 saturated heterocycles. The number of ether oxygens (including phenoxy) is 1. The number of hydrogen-bond acceptors (Lipinski definition) is 1. The molecule has 0 aliphatic heterocycles. The largest absolute Gasteiger partial charge is 0.491 e. The van der Waals surface area contributed by atoms with E-state index in [1.807, 2.05) is 18.0 Å². The maximum Gasteiger partial charge on any atom is 0.165 e. The molecule has 2 aliphatic carbocycles. The van der Waals surface area contributed by atoms with Crippen LogP contribution in [0.3, 0.4) is 0 Å². The lowest BCUT2D eigenvalue weighted by Crippen LogP contribution is -2.25. The minimum absolute atomic E-state index is 0.219. The second-order valence-corrected chi connectivity index (χ2v) is 9.04. The molecule has 0 aromatic heterocycles. The van der Waals surface area contributed by atoms with Crippen molar-refractivity contribution in [2.75, 3.05) is 6.61 Å². The molecule has 0 atom stereocenters. The molecule has 0 radical (unpaired) electrons. The lowest BCUT2D eigenvalue weighted by molar-refractivity contribution is 0.153. The summed E-state index contributed by atoms with van der Waals surface area (Å²) in [7, 11) is 0. The molecule has 0 bridgehead atoms. The quantitative estimate of drug-likeness (QED) is 0.425. The summed E-state index contributed by atoms with van der Waals surface area (Å²) in [6, 6.07) is 5.47. The van der Waals surface area contributed by atoms with Crippen LogP contribution < -0.4 is 4.74 Å². The highest BCUT2D eigenvalue weighted by Gasteiger charge is 2.30. The van der Waals surface area contributed by atoms with Crippen LogP contribution in [0.15, 0.2) is 29.3 Å². The number of allylic oxidation sites excluding steroid dienone is 1. The van der Waals surface area contributed by atoms with Crippen molar-refractivity contribution in [1.82, 2.24) is 0 Å². The van der Waals surface area contributed by atoms with Crippen LogP contribution in [0.4, 0.5) is 4.39 Å². The van der Waals surface area contributed by atoms with Crippen molar-refractivity contribution >= 4 is 15.9 Å². The minimum atomic E-state index is -0.219. The van der Waals surface area contributed by atoms with Gasteiger partial charge in [-0.3, -0.25) is 0 Å². The number of hydrogen-bond donors (Lipinski definition) is 0. The Morgan fingerprint density at radius 2 is 1.70 bits per heavy atom. The molecule has 0 unspecified atom stereocenters. The summed E-state index contributed by atoms with van der Waals surface area (Å²) in [6.07, 6.45) is 15.6. The maximum absolute atomic E-state index is 14.0. The van der Waals surface area contributed by atoms with E-state index < -0.39 is 0 Å². The molecule has 0 amide bonds. The van der Waals surface area contributed by atoms with E-state index in [1.54, 1.807) is 12.1 Å². The van der Waals surface area contributed by atoms with E-state index in [9.17, 15) is 4.39 Å². The number of halogens is 2. The van der Waals surface area contributed by atoms with Gasteiger partial charge < -0.3 is 4.74 Å². The molecule has 2 fully saturated rings. The maximum atomic E-state index is 14.0. The Balaban J connectivity index is 1.39. The highest BCUT2D eigenvalue weighted by Crippen LogP contribution is 2.42. The fourth-order valence-corrected chi connectivity index (χ4v) is 5.63. The molecule has 3 heteroatoms. The summed E-state index contributed by atoms with van der Waals surface area (Å²) in [5, 5.41) is 0. The molecule has 27 heavy (non-hydrogen) atoms. The van der Waals surface area contributed by atoms with Crippen molar-refractivity contribution in [3.63, 3.8) is 0 Å². The fraction of sp³-hybridized carbons (Fsp3) is 0.667. The van der Waals surface area contributed by atoms with Gasteiger partial charge in [-0.25, -0.2) is 4.39 Å². The van der Waals surface area contributed by atoms with Gasteiger partial charge in [-0.15, -0.1) is 0 Å².